The van der Waals surface area contributed by atoms with Crippen molar-refractivity contribution in [1.82, 2.24) is 18.8 Å². The second-order valence-corrected chi connectivity index (χ2v) is 19.4. The SMILES string of the molecule is CC1(C)CCC2(C)c3c(nc4c5[c-]cccc5c5cccc(c5n34)C2(C)C)-c2ccccc21.[2H]C([2H])([2H])c1ccc2c3c1c1ccc[c-]c1c1ncc(n13)C(C)(C)C2(C)C.[Ir]. The van der Waals surface area contributed by atoms with Crippen LogP contribution in [0.1, 0.15) is 113 Å². The Kier molecular flexibility index (Phi) is 6.99. The predicted octanol–water partition coefficient (Wildman–Crippen LogP) is 13.0. The number of imidazole rings is 2. The molecule has 6 heterocycles. The van der Waals surface area contributed by atoms with Crippen LogP contribution in [0.3, 0.4) is 0 Å². The van der Waals surface area contributed by atoms with Gasteiger partial charge in [0.05, 0.1) is 17.0 Å². The van der Waals surface area contributed by atoms with E-state index in [2.05, 4.69) is 138 Å². The Morgan fingerprint density at radius 3 is 2.05 bits per heavy atom. The van der Waals surface area contributed by atoms with Gasteiger partial charge < -0.3 is 8.80 Å². The second kappa shape index (κ2) is 11.9. The fourth-order valence-electron chi connectivity index (χ4n) is 11.1. The maximum absolute atomic E-state index is 8.12. The molecule has 1 unspecified atom stereocenters. The normalized spacial score (nSPS) is 21.2. The molecule has 1 radical (unpaired) electrons. The average Bonchev–Trinajstić information content (AvgIpc) is 3.86. The van der Waals surface area contributed by atoms with Gasteiger partial charge in [0.1, 0.15) is 0 Å². The predicted molar refractivity (Wildman–Crippen MR) is 237 cm³/mol. The quantitative estimate of drug-likeness (QED) is 0.112. The molecule has 0 fully saturated rings. The summed E-state index contributed by atoms with van der Waals surface area (Å²) in [6.07, 6.45) is 4.21. The third kappa shape index (κ3) is 4.40. The fourth-order valence-corrected chi connectivity index (χ4v) is 11.1. The topological polar surface area (TPSA) is 34.6 Å². The number of para-hydroxylation sites is 1. The Bertz CT molecular complexity index is 3350. The summed E-state index contributed by atoms with van der Waals surface area (Å²) < 4.78 is 29.0. The van der Waals surface area contributed by atoms with E-state index in [4.69, 9.17) is 14.1 Å². The molecule has 0 spiro atoms. The summed E-state index contributed by atoms with van der Waals surface area (Å²) in [6, 6.07) is 38.6. The Balaban J connectivity index is 0.000000147. The smallest absolute Gasteiger partial charge is 0.0813 e. The largest absolute Gasteiger partial charge is 0.336 e. The minimum absolute atomic E-state index is 0. The average molecular weight is 938 g/mol. The molecule has 4 nitrogen and oxygen atoms in total. The molecule has 5 aromatic carbocycles. The van der Waals surface area contributed by atoms with Gasteiger partial charge in [-0.25, -0.2) is 0 Å². The Labute approximate surface area is 359 Å². The van der Waals surface area contributed by atoms with Gasteiger partial charge in [-0.1, -0.05) is 133 Å². The number of nitrogens with zero attached hydrogens (tertiary/aromatic N) is 4. The van der Waals surface area contributed by atoms with Crippen molar-refractivity contribution in [2.75, 3.05) is 0 Å². The zero-order chi connectivity index (χ0) is 42.1. The monoisotopic (exact) mass is 938 g/mol. The number of fused-ring (bicyclic) bond motifs is 8. The van der Waals surface area contributed by atoms with Crippen LogP contribution in [0, 0.1) is 19.0 Å². The first kappa shape index (κ1) is 34.1. The Morgan fingerprint density at radius 1 is 0.621 bits per heavy atom. The van der Waals surface area contributed by atoms with Gasteiger partial charge in [-0.2, -0.15) is 0 Å². The minimum Gasteiger partial charge on any atom is -0.336 e. The zero-order valence-electron chi connectivity index (χ0n) is 37.8. The van der Waals surface area contributed by atoms with E-state index >= 15 is 0 Å². The third-order valence-corrected chi connectivity index (χ3v) is 15.6. The van der Waals surface area contributed by atoms with Crippen molar-refractivity contribution < 1.29 is 24.2 Å². The molecule has 12 rings (SSSR count). The number of pyridine rings is 2. The summed E-state index contributed by atoms with van der Waals surface area (Å²) in [7, 11) is 0. The molecule has 5 heteroatoms. The van der Waals surface area contributed by atoms with Crippen molar-refractivity contribution in [3.8, 4) is 11.3 Å². The van der Waals surface area contributed by atoms with Crippen molar-refractivity contribution >= 4 is 54.6 Å². The molecule has 9 aromatic rings. The van der Waals surface area contributed by atoms with Crippen LogP contribution in [-0.2, 0) is 47.2 Å². The number of hydrogen-bond donors (Lipinski definition) is 0. The van der Waals surface area contributed by atoms with Crippen LogP contribution in [0.4, 0.5) is 0 Å². The maximum atomic E-state index is 8.12. The number of aromatic nitrogens is 4. The molecule has 58 heavy (non-hydrogen) atoms. The van der Waals surface area contributed by atoms with Crippen LogP contribution in [0.25, 0.3) is 65.9 Å². The molecule has 0 bridgehead atoms. The van der Waals surface area contributed by atoms with E-state index in [9.17, 15) is 0 Å². The first-order valence-corrected chi connectivity index (χ1v) is 20.5. The van der Waals surface area contributed by atoms with Crippen LogP contribution in [0.15, 0.2) is 97.2 Å². The van der Waals surface area contributed by atoms with Gasteiger partial charge in [0.2, 0.25) is 0 Å². The van der Waals surface area contributed by atoms with Gasteiger partial charge in [-0.3, -0.25) is 9.97 Å². The third-order valence-electron chi connectivity index (χ3n) is 15.6. The molecule has 0 saturated carbocycles. The molecule has 2 aliphatic heterocycles. The number of benzene rings is 5. The van der Waals surface area contributed by atoms with E-state index in [0.29, 0.717) is 5.56 Å². The maximum Gasteiger partial charge on any atom is 0.0813 e. The molecule has 1 atom stereocenters. The van der Waals surface area contributed by atoms with Crippen molar-refractivity contribution in [3.63, 3.8) is 0 Å². The van der Waals surface area contributed by atoms with Gasteiger partial charge in [0.15, 0.2) is 0 Å². The molecule has 4 aromatic heterocycles. The van der Waals surface area contributed by atoms with Crippen LogP contribution < -0.4 is 0 Å². The van der Waals surface area contributed by atoms with Crippen molar-refractivity contribution in [2.45, 2.75) is 109 Å². The summed E-state index contributed by atoms with van der Waals surface area (Å²) in [5, 5.41) is 6.24. The van der Waals surface area contributed by atoms with E-state index < -0.39 is 6.85 Å². The summed E-state index contributed by atoms with van der Waals surface area (Å²) in [4.78, 5) is 10.2. The zero-order valence-corrected chi connectivity index (χ0v) is 37.2. The number of aryl methyl sites for hydroxylation is 1. The van der Waals surface area contributed by atoms with E-state index in [1.165, 1.54) is 38.7 Å². The molecule has 0 N–H and O–H groups in total. The summed E-state index contributed by atoms with van der Waals surface area (Å²) in [6.45, 7) is 19.0. The molecular formula is C53H50IrN4-2. The van der Waals surface area contributed by atoms with E-state index in [-0.39, 0.29) is 47.2 Å². The molecule has 3 aliphatic rings. The first-order valence-electron chi connectivity index (χ1n) is 22.0. The summed E-state index contributed by atoms with van der Waals surface area (Å²) in [5.41, 5.74) is 13.2. The molecule has 1 aliphatic carbocycles. The standard InChI is InChI=1S/C31H29N2.C22H21N2.Ir/c1-29(2)17-18-31(5)27-25(22-13-8-9-15-23(22)29)32-28-21-12-7-6-11-19(21)20-14-10-16-24(30(31,3)4)26(20)33(27)28;1-13-10-11-16-19-18(13)14-8-6-7-9-15(14)20-23-12-17(24(19)20)22(4,5)21(16,2)3;/h6-11,13-16H,17-18H2,1-5H3;6-8,10-12H,1-5H3;/q2*-1;/i;1D3;. The van der Waals surface area contributed by atoms with E-state index in [1.54, 1.807) is 6.07 Å². The number of rotatable bonds is 0. The second-order valence-electron chi connectivity index (χ2n) is 19.4. The van der Waals surface area contributed by atoms with Crippen LogP contribution in [-0.4, -0.2) is 18.8 Å². The van der Waals surface area contributed by atoms with Gasteiger partial charge >= 0.3 is 0 Å². The summed E-state index contributed by atoms with van der Waals surface area (Å²) >= 11 is 0. The molecule has 0 saturated heterocycles. The van der Waals surface area contributed by atoms with Gasteiger partial charge in [0.25, 0.3) is 0 Å². The Hall–Kier alpha value is -4.83. The van der Waals surface area contributed by atoms with Crippen molar-refractivity contribution in [2.24, 2.45) is 0 Å². The minimum atomic E-state index is -2.19. The van der Waals surface area contributed by atoms with Crippen molar-refractivity contribution in [1.29, 1.82) is 0 Å². The first-order chi connectivity index (χ1) is 28.3. The van der Waals surface area contributed by atoms with Crippen LogP contribution in [0.5, 0.6) is 0 Å². The van der Waals surface area contributed by atoms with Gasteiger partial charge in [0, 0.05) is 80.1 Å². The number of hydrogen-bond acceptors (Lipinski definition) is 2. The molecule has 293 valence electrons. The fraction of sp³-hybridized carbons (Fsp3) is 0.321. The van der Waals surface area contributed by atoms with Crippen molar-refractivity contribution in [3.05, 3.63) is 143 Å². The van der Waals surface area contributed by atoms with Gasteiger partial charge in [-0.15, -0.1) is 59.3 Å². The molecular weight excluding hydrogens is 885 g/mol. The van der Waals surface area contributed by atoms with E-state index in [1.807, 2.05) is 36.5 Å². The van der Waals surface area contributed by atoms with E-state index in [0.717, 1.165) is 68.1 Å². The summed E-state index contributed by atoms with van der Waals surface area (Å²) in [5.74, 6) is 0. The Morgan fingerprint density at radius 2 is 1.29 bits per heavy atom. The molecule has 0 amide bonds. The van der Waals surface area contributed by atoms with Crippen LogP contribution in [0.2, 0.25) is 0 Å². The van der Waals surface area contributed by atoms with Gasteiger partial charge in [-0.05, 0) is 52.6 Å². The van der Waals surface area contributed by atoms with Crippen LogP contribution >= 0.6 is 0 Å².